The molecule has 1 aliphatic heterocycles. The average molecular weight is 273 g/mol. The molecule has 100 valence electrons. The first kappa shape index (κ1) is 13.8. The summed E-state index contributed by atoms with van der Waals surface area (Å²) < 4.78 is 32.1. The molecule has 1 aromatic carbocycles. The number of halogens is 2. The standard InChI is InChI=1S/C13H17F2NOS/c1-2-16-11-5-6-17-8-13(11)18-12-7-9(14)3-4-10(12)15/h3-4,7,11,13,16H,2,5-6,8H2,1H3. The zero-order valence-electron chi connectivity index (χ0n) is 10.3. The quantitative estimate of drug-likeness (QED) is 0.911. The Hall–Kier alpha value is -0.650. The van der Waals surface area contributed by atoms with Crippen LogP contribution in [0.25, 0.3) is 0 Å². The molecular weight excluding hydrogens is 256 g/mol. The Morgan fingerprint density at radius 2 is 2.28 bits per heavy atom. The van der Waals surface area contributed by atoms with Crippen molar-refractivity contribution in [1.29, 1.82) is 0 Å². The van der Waals surface area contributed by atoms with Crippen molar-refractivity contribution in [2.45, 2.75) is 29.5 Å². The molecule has 0 aromatic heterocycles. The second kappa shape index (κ2) is 6.50. The molecule has 5 heteroatoms. The predicted molar refractivity (Wildman–Crippen MR) is 68.9 cm³/mol. The third kappa shape index (κ3) is 3.43. The number of rotatable bonds is 4. The monoisotopic (exact) mass is 273 g/mol. The van der Waals surface area contributed by atoms with Gasteiger partial charge >= 0.3 is 0 Å². The number of benzene rings is 1. The molecule has 1 N–H and O–H groups in total. The second-order valence-corrected chi connectivity index (χ2v) is 5.54. The Kier molecular flexibility index (Phi) is 4.97. The highest BCUT2D eigenvalue weighted by molar-refractivity contribution is 8.00. The first-order valence-corrected chi connectivity index (χ1v) is 7.01. The van der Waals surface area contributed by atoms with E-state index in [9.17, 15) is 8.78 Å². The topological polar surface area (TPSA) is 21.3 Å². The lowest BCUT2D eigenvalue weighted by atomic mass is 10.1. The fourth-order valence-corrected chi connectivity index (χ4v) is 3.30. The molecule has 0 aliphatic carbocycles. The zero-order chi connectivity index (χ0) is 13.0. The highest BCUT2D eigenvalue weighted by Crippen LogP contribution is 2.31. The molecule has 0 saturated carbocycles. The Bertz CT molecular complexity index is 401. The van der Waals surface area contributed by atoms with Gasteiger partial charge in [-0.25, -0.2) is 8.78 Å². The number of ether oxygens (including phenoxy) is 1. The summed E-state index contributed by atoms with van der Waals surface area (Å²) in [7, 11) is 0. The van der Waals surface area contributed by atoms with Crippen LogP contribution in [0.1, 0.15) is 13.3 Å². The highest BCUT2D eigenvalue weighted by Gasteiger charge is 2.26. The molecule has 1 aromatic rings. The summed E-state index contributed by atoms with van der Waals surface area (Å²) >= 11 is 1.35. The van der Waals surface area contributed by atoms with Crippen molar-refractivity contribution in [3.05, 3.63) is 29.8 Å². The zero-order valence-corrected chi connectivity index (χ0v) is 11.1. The molecule has 0 spiro atoms. The van der Waals surface area contributed by atoms with Gasteiger partial charge in [0.2, 0.25) is 0 Å². The maximum Gasteiger partial charge on any atom is 0.136 e. The Morgan fingerprint density at radius 3 is 3.06 bits per heavy atom. The fourth-order valence-electron chi connectivity index (χ4n) is 2.05. The predicted octanol–water partition coefficient (Wildman–Crippen LogP) is 2.82. The van der Waals surface area contributed by atoms with Gasteiger partial charge in [-0.15, -0.1) is 11.8 Å². The van der Waals surface area contributed by atoms with Crippen LogP contribution in [-0.2, 0) is 4.74 Å². The summed E-state index contributed by atoms with van der Waals surface area (Å²) in [5.41, 5.74) is 0. The smallest absolute Gasteiger partial charge is 0.136 e. The molecule has 2 rings (SSSR count). The molecule has 0 amide bonds. The van der Waals surface area contributed by atoms with E-state index in [4.69, 9.17) is 4.74 Å². The van der Waals surface area contributed by atoms with Gasteiger partial charge < -0.3 is 10.1 Å². The molecule has 2 nitrogen and oxygen atoms in total. The second-order valence-electron chi connectivity index (χ2n) is 4.26. The summed E-state index contributed by atoms with van der Waals surface area (Å²) in [6.07, 6.45) is 0.905. The van der Waals surface area contributed by atoms with E-state index < -0.39 is 5.82 Å². The Labute approximate surface area is 110 Å². The van der Waals surface area contributed by atoms with Crippen molar-refractivity contribution in [3.8, 4) is 0 Å². The minimum atomic E-state index is -0.407. The first-order valence-electron chi connectivity index (χ1n) is 6.13. The fraction of sp³-hybridized carbons (Fsp3) is 0.538. The maximum absolute atomic E-state index is 13.6. The van der Waals surface area contributed by atoms with Gasteiger partial charge in [0.15, 0.2) is 0 Å². The average Bonchev–Trinajstić information content (AvgIpc) is 2.36. The van der Waals surface area contributed by atoms with Gasteiger partial charge in [-0.3, -0.25) is 0 Å². The van der Waals surface area contributed by atoms with Crippen LogP contribution in [0.4, 0.5) is 8.78 Å². The number of hydrogen-bond acceptors (Lipinski definition) is 3. The largest absolute Gasteiger partial charge is 0.380 e. The van der Waals surface area contributed by atoms with E-state index >= 15 is 0 Å². The summed E-state index contributed by atoms with van der Waals surface area (Å²) in [4.78, 5) is 0.355. The lowest BCUT2D eigenvalue weighted by molar-refractivity contribution is 0.0836. The van der Waals surface area contributed by atoms with Gasteiger partial charge in [-0.2, -0.15) is 0 Å². The van der Waals surface area contributed by atoms with Gasteiger partial charge in [0.25, 0.3) is 0 Å². The van der Waals surface area contributed by atoms with Crippen LogP contribution in [0.15, 0.2) is 23.1 Å². The van der Waals surface area contributed by atoms with Crippen molar-refractivity contribution in [3.63, 3.8) is 0 Å². The summed E-state index contributed by atoms with van der Waals surface area (Å²) in [6.45, 7) is 4.20. The number of hydrogen-bond donors (Lipinski definition) is 1. The summed E-state index contributed by atoms with van der Waals surface area (Å²) in [6, 6.07) is 3.84. The van der Waals surface area contributed by atoms with Crippen molar-refractivity contribution in [2.75, 3.05) is 19.8 Å². The van der Waals surface area contributed by atoms with E-state index in [-0.39, 0.29) is 17.1 Å². The van der Waals surface area contributed by atoms with Crippen molar-refractivity contribution in [2.24, 2.45) is 0 Å². The van der Waals surface area contributed by atoms with Crippen LogP contribution in [-0.4, -0.2) is 31.1 Å². The lowest BCUT2D eigenvalue weighted by Crippen LogP contribution is -2.44. The summed E-state index contributed by atoms with van der Waals surface area (Å²) in [5.74, 6) is -0.780. The molecule has 2 unspecified atom stereocenters. The van der Waals surface area contributed by atoms with Crippen LogP contribution < -0.4 is 5.32 Å². The maximum atomic E-state index is 13.6. The van der Waals surface area contributed by atoms with E-state index in [0.717, 1.165) is 25.6 Å². The minimum Gasteiger partial charge on any atom is -0.380 e. The molecule has 0 radical (unpaired) electrons. The normalized spacial score (nSPS) is 24.2. The van der Waals surface area contributed by atoms with E-state index in [1.54, 1.807) is 0 Å². The third-order valence-corrected chi connectivity index (χ3v) is 4.28. The molecule has 1 fully saturated rings. The minimum absolute atomic E-state index is 0.120. The van der Waals surface area contributed by atoms with Crippen molar-refractivity contribution >= 4 is 11.8 Å². The molecule has 1 aliphatic rings. The Balaban J connectivity index is 2.08. The van der Waals surface area contributed by atoms with E-state index in [2.05, 4.69) is 5.32 Å². The lowest BCUT2D eigenvalue weighted by Gasteiger charge is -2.31. The van der Waals surface area contributed by atoms with Gasteiger partial charge in [0.1, 0.15) is 11.6 Å². The molecule has 1 heterocycles. The van der Waals surface area contributed by atoms with Crippen LogP contribution in [0.5, 0.6) is 0 Å². The first-order chi connectivity index (χ1) is 8.70. The van der Waals surface area contributed by atoms with Crippen LogP contribution in [0.3, 0.4) is 0 Å². The van der Waals surface area contributed by atoms with Crippen LogP contribution in [0, 0.1) is 11.6 Å². The Morgan fingerprint density at radius 1 is 1.44 bits per heavy atom. The van der Waals surface area contributed by atoms with Gasteiger partial charge in [-0.1, -0.05) is 6.92 Å². The number of thioether (sulfide) groups is 1. The van der Waals surface area contributed by atoms with Crippen molar-refractivity contribution in [1.82, 2.24) is 5.32 Å². The third-order valence-electron chi connectivity index (χ3n) is 2.94. The van der Waals surface area contributed by atoms with E-state index in [1.165, 1.54) is 23.9 Å². The molecule has 2 atom stereocenters. The van der Waals surface area contributed by atoms with Gasteiger partial charge in [0, 0.05) is 22.8 Å². The number of nitrogens with one attached hydrogen (secondary N) is 1. The van der Waals surface area contributed by atoms with Crippen LogP contribution in [0.2, 0.25) is 0 Å². The summed E-state index contributed by atoms with van der Waals surface area (Å²) in [5, 5.41) is 3.49. The molecule has 18 heavy (non-hydrogen) atoms. The molecule has 1 saturated heterocycles. The molecule has 0 bridgehead atoms. The molecular formula is C13H17F2NOS. The van der Waals surface area contributed by atoms with Crippen molar-refractivity contribution < 1.29 is 13.5 Å². The van der Waals surface area contributed by atoms with E-state index in [1.807, 2.05) is 6.92 Å². The SMILES string of the molecule is CCNC1CCOCC1Sc1cc(F)ccc1F. The van der Waals surface area contributed by atoms with Gasteiger partial charge in [0.05, 0.1) is 6.61 Å². The van der Waals surface area contributed by atoms with Gasteiger partial charge in [-0.05, 0) is 31.2 Å². The van der Waals surface area contributed by atoms with Crippen LogP contribution >= 0.6 is 11.8 Å². The highest BCUT2D eigenvalue weighted by atomic mass is 32.2. The van der Waals surface area contributed by atoms with E-state index in [0.29, 0.717) is 11.5 Å².